The van der Waals surface area contributed by atoms with E-state index in [1.165, 1.54) is 0 Å². The summed E-state index contributed by atoms with van der Waals surface area (Å²) >= 11 is 12.3. The molecule has 0 aromatic heterocycles. The van der Waals surface area contributed by atoms with E-state index in [1.54, 1.807) is 18.2 Å². The number of benzene rings is 1. The average molecular weight is 302 g/mol. The molecule has 3 nitrogen and oxygen atoms in total. The Kier molecular flexibility index (Phi) is 4.71. The summed E-state index contributed by atoms with van der Waals surface area (Å²) in [7, 11) is 0. The summed E-state index contributed by atoms with van der Waals surface area (Å²) in [6.07, 6.45) is 1.96. The molecular formula is C14H17Cl2NO2. The Morgan fingerprint density at radius 1 is 1.42 bits per heavy atom. The SMILES string of the molecule is CC1CCCN(Cc2c(Cl)cccc2Cl)C1C(=O)O. The molecule has 5 heteroatoms. The minimum absolute atomic E-state index is 0.146. The number of piperidine rings is 1. The first kappa shape index (κ1) is 14.6. The number of nitrogens with zero attached hydrogens (tertiary/aromatic N) is 1. The zero-order valence-electron chi connectivity index (χ0n) is 10.8. The fourth-order valence-electron chi connectivity index (χ4n) is 2.74. The van der Waals surface area contributed by atoms with E-state index in [0.29, 0.717) is 16.6 Å². The van der Waals surface area contributed by atoms with Crippen molar-refractivity contribution in [2.75, 3.05) is 6.54 Å². The van der Waals surface area contributed by atoms with Gasteiger partial charge in [0.15, 0.2) is 0 Å². The van der Waals surface area contributed by atoms with E-state index < -0.39 is 12.0 Å². The van der Waals surface area contributed by atoms with Gasteiger partial charge in [-0.3, -0.25) is 9.69 Å². The summed E-state index contributed by atoms with van der Waals surface area (Å²) in [4.78, 5) is 13.4. The Hall–Kier alpha value is -0.770. The van der Waals surface area contributed by atoms with Gasteiger partial charge in [0.25, 0.3) is 0 Å². The maximum atomic E-state index is 11.4. The number of aliphatic carboxylic acids is 1. The molecule has 0 saturated carbocycles. The second-order valence-corrected chi connectivity index (χ2v) is 5.89. The highest BCUT2D eigenvalue weighted by atomic mass is 35.5. The first-order chi connectivity index (χ1) is 9.00. The van der Waals surface area contributed by atoms with Crippen molar-refractivity contribution in [2.45, 2.75) is 32.4 Å². The van der Waals surface area contributed by atoms with E-state index in [0.717, 1.165) is 24.9 Å². The van der Waals surface area contributed by atoms with Crippen LogP contribution in [-0.2, 0) is 11.3 Å². The van der Waals surface area contributed by atoms with E-state index in [4.69, 9.17) is 23.2 Å². The molecular weight excluding hydrogens is 285 g/mol. The molecule has 1 heterocycles. The second-order valence-electron chi connectivity index (χ2n) is 5.07. The van der Waals surface area contributed by atoms with Crippen LogP contribution in [0.2, 0.25) is 10.0 Å². The summed E-state index contributed by atoms with van der Waals surface area (Å²) in [6.45, 7) is 3.24. The number of carboxylic acids is 1. The van der Waals surface area contributed by atoms with Crippen molar-refractivity contribution < 1.29 is 9.90 Å². The Labute approximate surface area is 123 Å². The third kappa shape index (κ3) is 3.22. The van der Waals surface area contributed by atoms with Crippen LogP contribution in [0.1, 0.15) is 25.3 Å². The van der Waals surface area contributed by atoms with Gasteiger partial charge >= 0.3 is 5.97 Å². The number of hydrogen-bond acceptors (Lipinski definition) is 2. The summed E-state index contributed by atoms with van der Waals surface area (Å²) < 4.78 is 0. The third-order valence-corrected chi connectivity index (χ3v) is 4.42. The van der Waals surface area contributed by atoms with Gasteiger partial charge in [-0.15, -0.1) is 0 Å². The van der Waals surface area contributed by atoms with Gasteiger partial charge in [-0.25, -0.2) is 0 Å². The highest BCUT2D eigenvalue weighted by Crippen LogP contribution is 2.30. The van der Waals surface area contributed by atoms with Crippen molar-refractivity contribution >= 4 is 29.2 Å². The molecule has 104 valence electrons. The number of likely N-dealkylation sites (tertiary alicyclic amines) is 1. The largest absolute Gasteiger partial charge is 0.480 e. The van der Waals surface area contributed by atoms with E-state index in [1.807, 2.05) is 11.8 Å². The number of halogens is 2. The fourth-order valence-corrected chi connectivity index (χ4v) is 3.25. The molecule has 1 aliphatic rings. The summed E-state index contributed by atoms with van der Waals surface area (Å²) in [5.41, 5.74) is 0.811. The van der Waals surface area contributed by atoms with E-state index in [9.17, 15) is 9.90 Å². The van der Waals surface area contributed by atoms with Gasteiger partial charge in [0.1, 0.15) is 6.04 Å². The number of carbonyl (C=O) groups is 1. The first-order valence-electron chi connectivity index (χ1n) is 6.40. The lowest BCUT2D eigenvalue weighted by atomic mass is 9.90. The van der Waals surface area contributed by atoms with Crippen molar-refractivity contribution in [1.82, 2.24) is 4.90 Å². The van der Waals surface area contributed by atoms with Crippen LogP contribution in [0.3, 0.4) is 0 Å². The van der Waals surface area contributed by atoms with Crippen LogP contribution < -0.4 is 0 Å². The molecule has 1 saturated heterocycles. The molecule has 2 unspecified atom stereocenters. The normalized spacial score (nSPS) is 24.4. The van der Waals surface area contributed by atoms with Crippen LogP contribution in [0, 0.1) is 5.92 Å². The lowest BCUT2D eigenvalue weighted by Crippen LogP contribution is -2.48. The van der Waals surface area contributed by atoms with Gasteiger partial charge in [0.2, 0.25) is 0 Å². The van der Waals surface area contributed by atoms with E-state index in [-0.39, 0.29) is 5.92 Å². The topological polar surface area (TPSA) is 40.5 Å². The highest BCUT2D eigenvalue weighted by molar-refractivity contribution is 6.35. The van der Waals surface area contributed by atoms with Gasteiger partial charge in [-0.2, -0.15) is 0 Å². The standard InChI is InChI=1S/C14H17Cl2NO2/c1-9-4-3-7-17(13(9)14(18)19)8-10-11(15)5-2-6-12(10)16/h2,5-6,9,13H,3-4,7-8H2,1H3,(H,18,19). The zero-order valence-corrected chi connectivity index (χ0v) is 12.3. The maximum Gasteiger partial charge on any atom is 0.321 e. The Bertz CT molecular complexity index is 458. The Morgan fingerprint density at radius 2 is 2.05 bits per heavy atom. The van der Waals surface area contributed by atoms with Crippen molar-refractivity contribution in [1.29, 1.82) is 0 Å². The summed E-state index contributed by atoms with van der Waals surface area (Å²) in [5, 5.41) is 10.6. The van der Waals surface area contributed by atoms with E-state index in [2.05, 4.69) is 0 Å². The zero-order chi connectivity index (χ0) is 14.0. The van der Waals surface area contributed by atoms with Crippen LogP contribution in [-0.4, -0.2) is 28.6 Å². The summed E-state index contributed by atoms with van der Waals surface area (Å²) in [6, 6.07) is 4.90. The number of carboxylic acid groups (broad SMARTS) is 1. The lowest BCUT2D eigenvalue weighted by molar-refractivity contribution is -0.147. The minimum atomic E-state index is -0.768. The number of rotatable bonds is 3. The molecule has 0 radical (unpaired) electrons. The molecule has 1 fully saturated rings. The average Bonchev–Trinajstić information content (AvgIpc) is 2.33. The summed E-state index contributed by atoms with van der Waals surface area (Å²) in [5.74, 6) is -0.622. The molecule has 1 aromatic rings. The monoisotopic (exact) mass is 301 g/mol. The van der Waals surface area contributed by atoms with Crippen LogP contribution >= 0.6 is 23.2 Å². The van der Waals surface area contributed by atoms with Crippen LogP contribution in [0.15, 0.2) is 18.2 Å². The smallest absolute Gasteiger partial charge is 0.321 e. The molecule has 0 amide bonds. The highest BCUT2D eigenvalue weighted by Gasteiger charge is 2.34. The first-order valence-corrected chi connectivity index (χ1v) is 7.16. The molecule has 0 aliphatic carbocycles. The Balaban J connectivity index is 2.23. The second kappa shape index (κ2) is 6.12. The molecule has 0 bridgehead atoms. The molecule has 2 rings (SSSR count). The molecule has 2 atom stereocenters. The quantitative estimate of drug-likeness (QED) is 0.926. The van der Waals surface area contributed by atoms with Gasteiger partial charge < -0.3 is 5.11 Å². The van der Waals surface area contributed by atoms with Crippen molar-refractivity contribution in [3.05, 3.63) is 33.8 Å². The third-order valence-electron chi connectivity index (χ3n) is 3.71. The predicted octanol–water partition coefficient (Wildman–Crippen LogP) is 3.68. The maximum absolute atomic E-state index is 11.4. The van der Waals surface area contributed by atoms with Crippen molar-refractivity contribution in [3.63, 3.8) is 0 Å². The molecule has 19 heavy (non-hydrogen) atoms. The van der Waals surface area contributed by atoms with Gasteiger partial charge in [-0.1, -0.05) is 36.2 Å². The van der Waals surface area contributed by atoms with Gasteiger partial charge in [0, 0.05) is 22.2 Å². The Morgan fingerprint density at radius 3 is 2.63 bits per heavy atom. The molecule has 1 aromatic carbocycles. The minimum Gasteiger partial charge on any atom is -0.480 e. The molecule has 1 aliphatic heterocycles. The predicted molar refractivity (Wildman–Crippen MR) is 76.7 cm³/mol. The van der Waals surface area contributed by atoms with Crippen molar-refractivity contribution in [3.8, 4) is 0 Å². The van der Waals surface area contributed by atoms with Crippen LogP contribution in [0.5, 0.6) is 0 Å². The van der Waals surface area contributed by atoms with Crippen LogP contribution in [0.25, 0.3) is 0 Å². The van der Waals surface area contributed by atoms with E-state index >= 15 is 0 Å². The molecule has 1 N–H and O–H groups in total. The van der Waals surface area contributed by atoms with Gasteiger partial charge in [-0.05, 0) is 37.4 Å². The number of hydrogen-bond donors (Lipinski definition) is 1. The lowest BCUT2D eigenvalue weighted by Gasteiger charge is -2.37. The van der Waals surface area contributed by atoms with Gasteiger partial charge in [0.05, 0.1) is 0 Å². The van der Waals surface area contributed by atoms with Crippen molar-refractivity contribution in [2.24, 2.45) is 5.92 Å². The molecule has 0 spiro atoms. The fraction of sp³-hybridized carbons (Fsp3) is 0.500. The van der Waals surface area contributed by atoms with Crippen LogP contribution in [0.4, 0.5) is 0 Å².